The number of aromatic nitrogens is 1. The zero-order valence-electron chi connectivity index (χ0n) is 16.6. The fraction of sp³-hybridized carbons (Fsp3) is 0.333. The second-order valence-electron chi connectivity index (χ2n) is 7.28. The van der Waals surface area contributed by atoms with Crippen molar-refractivity contribution in [2.75, 3.05) is 5.32 Å². The summed E-state index contributed by atoms with van der Waals surface area (Å²) in [7, 11) is 0. The van der Waals surface area contributed by atoms with Gasteiger partial charge in [-0.25, -0.2) is 8.78 Å². The molecule has 0 aliphatic rings. The molecule has 9 heteroatoms. The van der Waals surface area contributed by atoms with Crippen LogP contribution in [0.3, 0.4) is 0 Å². The van der Waals surface area contributed by atoms with E-state index in [0.717, 1.165) is 12.1 Å². The third-order valence-electron chi connectivity index (χ3n) is 4.22. The van der Waals surface area contributed by atoms with Crippen LogP contribution in [0.4, 0.5) is 14.5 Å². The first kappa shape index (κ1) is 23.1. The summed E-state index contributed by atoms with van der Waals surface area (Å²) in [4.78, 5) is 39.0. The van der Waals surface area contributed by atoms with Crippen molar-refractivity contribution >= 4 is 23.9 Å². The van der Waals surface area contributed by atoms with Crippen LogP contribution in [0.25, 0.3) is 0 Å². The third kappa shape index (κ3) is 7.00. The van der Waals surface area contributed by atoms with E-state index in [0.29, 0.717) is 30.2 Å². The molecule has 0 aliphatic carbocycles. The summed E-state index contributed by atoms with van der Waals surface area (Å²) in [5, 5.41) is 14.6. The zero-order chi connectivity index (χ0) is 22.3. The number of aliphatic carboxylic acids is 1. The molecule has 160 valence electrons. The molecule has 0 radical (unpaired) electrons. The van der Waals surface area contributed by atoms with E-state index in [1.54, 1.807) is 6.07 Å². The molecule has 0 fully saturated rings. The van der Waals surface area contributed by atoms with Crippen LogP contribution in [0.15, 0.2) is 36.5 Å². The lowest BCUT2D eigenvalue weighted by Gasteiger charge is -2.20. The molecule has 0 saturated carbocycles. The monoisotopic (exact) mass is 419 g/mol. The van der Waals surface area contributed by atoms with Crippen molar-refractivity contribution in [2.24, 2.45) is 5.92 Å². The summed E-state index contributed by atoms with van der Waals surface area (Å²) >= 11 is 0. The predicted octanol–water partition coefficient (Wildman–Crippen LogP) is 2.81. The minimum absolute atomic E-state index is 0.137. The van der Waals surface area contributed by atoms with Gasteiger partial charge in [0.25, 0.3) is 5.91 Å². The van der Waals surface area contributed by atoms with Gasteiger partial charge in [0.1, 0.15) is 24.0 Å². The molecule has 7 nitrogen and oxygen atoms in total. The Morgan fingerprint density at radius 2 is 1.83 bits per heavy atom. The highest BCUT2D eigenvalue weighted by Crippen LogP contribution is 2.13. The maximum Gasteiger partial charge on any atom is 0.320 e. The van der Waals surface area contributed by atoms with Crippen LogP contribution < -0.4 is 10.6 Å². The van der Waals surface area contributed by atoms with E-state index in [1.807, 2.05) is 13.8 Å². The van der Waals surface area contributed by atoms with Gasteiger partial charge in [0.15, 0.2) is 0 Å². The summed E-state index contributed by atoms with van der Waals surface area (Å²) in [5.74, 6) is -3.32. The topological polar surface area (TPSA) is 108 Å². The molecule has 0 bridgehead atoms. The van der Waals surface area contributed by atoms with Crippen molar-refractivity contribution in [2.45, 2.75) is 38.8 Å². The normalized spacial score (nSPS) is 13.0. The van der Waals surface area contributed by atoms with Crippen molar-refractivity contribution in [3.63, 3.8) is 0 Å². The number of aldehydes is 1. The smallest absolute Gasteiger partial charge is 0.320 e. The van der Waals surface area contributed by atoms with Crippen LogP contribution in [-0.2, 0) is 16.0 Å². The van der Waals surface area contributed by atoms with Gasteiger partial charge in [0.05, 0.1) is 17.9 Å². The molecule has 1 aromatic heterocycles. The number of rotatable bonds is 10. The highest BCUT2D eigenvalue weighted by molar-refractivity contribution is 6.04. The maximum absolute atomic E-state index is 13.2. The summed E-state index contributed by atoms with van der Waals surface area (Å²) in [6, 6.07) is 3.99. The van der Waals surface area contributed by atoms with E-state index in [9.17, 15) is 28.3 Å². The van der Waals surface area contributed by atoms with Crippen LogP contribution in [-0.4, -0.2) is 40.3 Å². The van der Waals surface area contributed by atoms with Crippen LogP contribution in [0.1, 0.15) is 36.3 Å². The number of benzene rings is 1. The van der Waals surface area contributed by atoms with Gasteiger partial charge in [-0.1, -0.05) is 13.8 Å². The number of amides is 1. The Hall–Kier alpha value is -3.20. The highest BCUT2D eigenvalue weighted by atomic mass is 19.1. The van der Waals surface area contributed by atoms with Crippen molar-refractivity contribution in [3.05, 3.63) is 59.4 Å². The van der Waals surface area contributed by atoms with Crippen LogP contribution in [0, 0.1) is 17.6 Å². The molecular formula is C21H23F2N3O4. The van der Waals surface area contributed by atoms with Crippen molar-refractivity contribution < 1.29 is 28.3 Å². The van der Waals surface area contributed by atoms with Crippen molar-refractivity contribution in [3.8, 4) is 0 Å². The molecule has 1 aromatic carbocycles. The van der Waals surface area contributed by atoms with E-state index in [2.05, 4.69) is 15.6 Å². The SMILES string of the molecule is CC(C)C[C@H](N[C@H](C=O)Cc1ccc(NC(=O)c2cc(F)cc(F)c2)cn1)C(=O)O. The number of carboxylic acids is 1. The molecule has 1 heterocycles. The Bertz CT molecular complexity index is 883. The second-order valence-corrected chi connectivity index (χ2v) is 7.28. The molecule has 30 heavy (non-hydrogen) atoms. The maximum atomic E-state index is 13.2. The van der Waals surface area contributed by atoms with Crippen molar-refractivity contribution in [1.29, 1.82) is 0 Å². The molecule has 2 aromatic rings. The number of nitrogens with zero attached hydrogens (tertiary/aromatic N) is 1. The zero-order valence-corrected chi connectivity index (χ0v) is 16.6. The second kappa shape index (κ2) is 10.5. The number of anilines is 1. The Morgan fingerprint density at radius 3 is 2.33 bits per heavy atom. The third-order valence-corrected chi connectivity index (χ3v) is 4.22. The molecule has 0 aliphatic heterocycles. The van der Waals surface area contributed by atoms with Gasteiger partial charge in [-0.3, -0.25) is 19.9 Å². The van der Waals surface area contributed by atoms with Crippen LogP contribution in [0.2, 0.25) is 0 Å². The van der Waals surface area contributed by atoms with Gasteiger partial charge < -0.3 is 15.2 Å². The van der Waals surface area contributed by atoms with Crippen molar-refractivity contribution in [1.82, 2.24) is 10.3 Å². The Kier molecular flexibility index (Phi) is 8.11. The fourth-order valence-corrected chi connectivity index (χ4v) is 2.85. The number of carbonyl (C=O) groups excluding carboxylic acids is 2. The first-order valence-electron chi connectivity index (χ1n) is 9.34. The first-order chi connectivity index (χ1) is 14.2. The molecule has 2 rings (SSSR count). The van der Waals surface area contributed by atoms with Gasteiger partial charge >= 0.3 is 5.97 Å². The number of hydrogen-bond acceptors (Lipinski definition) is 5. The number of pyridine rings is 1. The largest absolute Gasteiger partial charge is 0.480 e. The number of carboxylic acid groups (broad SMARTS) is 1. The number of halogens is 2. The summed E-state index contributed by atoms with van der Waals surface area (Å²) in [6.07, 6.45) is 2.51. The molecule has 2 atom stereocenters. The van der Waals surface area contributed by atoms with Gasteiger partial charge in [0.2, 0.25) is 0 Å². The Labute approximate surface area is 172 Å². The molecule has 0 spiro atoms. The standard InChI is InChI=1S/C21H23F2N3O4/c1-12(2)5-19(21(29)30)25-18(11-27)9-16-3-4-17(10-24-16)26-20(28)13-6-14(22)8-15(23)7-13/h3-4,6-8,10-12,18-19,25H,5,9H2,1-2H3,(H,26,28)(H,29,30)/t18-,19-/m0/s1. The number of nitrogens with one attached hydrogen (secondary N) is 2. The summed E-state index contributed by atoms with van der Waals surface area (Å²) in [6.45, 7) is 3.78. The minimum atomic E-state index is -1.03. The van der Waals surface area contributed by atoms with Gasteiger partial charge in [0, 0.05) is 23.7 Å². The van der Waals surface area contributed by atoms with E-state index in [-0.39, 0.29) is 17.9 Å². The van der Waals surface area contributed by atoms with E-state index < -0.39 is 35.6 Å². The lowest BCUT2D eigenvalue weighted by Crippen LogP contribution is -2.45. The lowest BCUT2D eigenvalue weighted by atomic mass is 10.0. The Morgan fingerprint density at radius 1 is 1.17 bits per heavy atom. The molecule has 0 saturated heterocycles. The first-order valence-corrected chi connectivity index (χ1v) is 9.34. The molecule has 0 unspecified atom stereocenters. The van der Waals surface area contributed by atoms with E-state index >= 15 is 0 Å². The number of carbonyl (C=O) groups is 3. The van der Waals surface area contributed by atoms with E-state index in [1.165, 1.54) is 12.3 Å². The summed E-state index contributed by atoms with van der Waals surface area (Å²) in [5.41, 5.74) is 0.627. The average molecular weight is 419 g/mol. The predicted molar refractivity (Wildman–Crippen MR) is 106 cm³/mol. The molecule has 1 amide bonds. The Balaban J connectivity index is 2.01. The summed E-state index contributed by atoms with van der Waals surface area (Å²) < 4.78 is 26.5. The average Bonchev–Trinajstić information content (AvgIpc) is 2.67. The van der Waals surface area contributed by atoms with Gasteiger partial charge in [-0.15, -0.1) is 0 Å². The number of hydrogen-bond donors (Lipinski definition) is 3. The van der Waals surface area contributed by atoms with Crippen LogP contribution >= 0.6 is 0 Å². The van der Waals surface area contributed by atoms with Crippen LogP contribution in [0.5, 0.6) is 0 Å². The minimum Gasteiger partial charge on any atom is -0.480 e. The lowest BCUT2D eigenvalue weighted by molar-refractivity contribution is -0.140. The van der Waals surface area contributed by atoms with E-state index in [4.69, 9.17) is 0 Å². The van der Waals surface area contributed by atoms with Gasteiger partial charge in [-0.2, -0.15) is 0 Å². The highest BCUT2D eigenvalue weighted by Gasteiger charge is 2.22. The molecule has 3 N–H and O–H groups in total. The van der Waals surface area contributed by atoms with Gasteiger partial charge in [-0.05, 0) is 36.6 Å². The quantitative estimate of drug-likeness (QED) is 0.511. The fourth-order valence-electron chi connectivity index (χ4n) is 2.85. The molecular weight excluding hydrogens is 396 g/mol.